The molecular weight excluding hydrogens is 426 g/mol. The lowest BCUT2D eigenvalue weighted by molar-refractivity contribution is -0.117. The zero-order valence-electron chi connectivity index (χ0n) is 19.5. The highest BCUT2D eigenvalue weighted by molar-refractivity contribution is 5.96. The Kier molecular flexibility index (Phi) is 6.07. The van der Waals surface area contributed by atoms with Crippen LogP contribution in [0.25, 0.3) is 11.0 Å². The summed E-state index contributed by atoms with van der Waals surface area (Å²) in [6.07, 6.45) is -0.325. The molecule has 1 amide bonds. The molecular formula is C28H29N3O3. The quantitative estimate of drug-likeness (QED) is 0.442. The van der Waals surface area contributed by atoms with Gasteiger partial charge in [0.05, 0.1) is 17.6 Å². The van der Waals surface area contributed by atoms with Crippen LogP contribution in [0.2, 0.25) is 0 Å². The molecule has 6 heteroatoms. The molecule has 0 saturated carbocycles. The second kappa shape index (κ2) is 9.31. The van der Waals surface area contributed by atoms with Crippen LogP contribution < -0.4 is 9.64 Å². The van der Waals surface area contributed by atoms with Crippen LogP contribution in [0.4, 0.5) is 5.69 Å². The van der Waals surface area contributed by atoms with E-state index >= 15 is 0 Å². The fourth-order valence-corrected chi connectivity index (χ4v) is 4.69. The number of ether oxygens (including phenoxy) is 1. The first-order chi connectivity index (χ1) is 16.5. The van der Waals surface area contributed by atoms with Gasteiger partial charge in [0.25, 0.3) is 0 Å². The molecule has 0 unspecified atom stereocenters. The zero-order valence-corrected chi connectivity index (χ0v) is 19.5. The molecule has 4 aromatic rings. The number of amides is 1. The van der Waals surface area contributed by atoms with E-state index in [0.717, 1.165) is 39.4 Å². The van der Waals surface area contributed by atoms with E-state index in [0.29, 0.717) is 19.5 Å². The molecule has 1 aliphatic rings. The van der Waals surface area contributed by atoms with Crippen molar-refractivity contribution in [3.8, 4) is 5.75 Å². The number of carbonyl (C=O) groups is 1. The molecule has 3 aromatic carbocycles. The highest BCUT2D eigenvalue weighted by Crippen LogP contribution is 2.33. The second-order valence-corrected chi connectivity index (χ2v) is 9.04. The van der Waals surface area contributed by atoms with E-state index in [2.05, 4.69) is 4.57 Å². The number of fused-ring (bicyclic) bond motifs is 1. The maximum Gasteiger partial charge on any atom is 0.227 e. The number of anilines is 1. The Labute approximate surface area is 199 Å². The van der Waals surface area contributed by atoms with Crippen LogP contribution in [0.1, 0.15) is 29.3 Å². The van der Waals surface area contributed by atoms with Gasteiger partial charge in [0.15, 0.2) is 0 Å². The van der Waals surface area contributed by atoms with E-state index in [-0.39, 0.29) is 18.4 Å². The van der Waals surface area contributed by atoms with Crippen molar-refractivity contribution in [2.24, 2.45) is 0 Å². The summed E-state index contributed by atoms with van der Waals surface area (Å²) in [6, 6.07) is 23.7. The molecule has 2 atom stereocenters. The summed E-state index contributed by atoms with van der Waals surface area (Å²) in [4.78, 5) is 19.7. The standard InChI is InChI=1S/C28H29N3O3/c1-19-8-7-10-22(14-19)30-16-21(15-27(30)33)28-29-24-11-4-5-12-25(24)31(28)17-23(32)18-34-26-13-6-3-9-20(26)2/h3-14,21,23,32H,15-18H2,1-2H3/t21-,23-/m1/s1. The first-order valence-electron chi connectivity index (χ1n) is 11.7. The second-order valence-electron chi connectivity index (χ2n) is 9.04. The minimum absolute atomic E-state index is 0.0510. The molecule has 2 heterocycles. The van der Waals surface area contributed by atoms with Gasteiger partial charge >= 0.3 is 0 Å². The molecule has 0 bridgehead atoms. The van der Waals surface area contributed by atoms with Crippen molar-refractivity contribution in [2.45, 2.75) is 38.8 Å². The summed E-state index contributed by atoms with van der Waals surface area (Å²) >= 11 is 0. The summed E-state index contributed by atoms with van der Waals surface area (Å²) in [7, 11) is 0. The van der Waals surface area contributed by atoms with Crippen LogP contribution in [0.15, 0.2) is 72.8 Å². The number of aryl methyl sites for hydroxylation is 2. The van der Waals surface area contributed by atoms with E-state index in [4.69, 9.17) is 9.72 Å². The van der Waals surface area contributed by atoms with Crippen LogP contribution in [0, 0.1) is 13.8 Å². The minimum Gasteiger partial charge on any atom is -0.491 e. The van der Waals surface area contributed by atoms with E-state index in [1.807, 2.05) is 91.5 Å². The number of aliphatic hydroxyl groups excluding tert-OH is 1. The lowest BCUT2D eigenvalue weighted by Gasteiger charge is -2.19. The Morgan fingerprint density at radius 2 is 1.85 bits per heavy atom. The molecule has 0 radical (unpaired) electrons. The van der Waals surface area contributed by atoms with Gasteiger partial charge in [-0.2, -0.15) is 0 Å². The third kappa shape index (κ3) is 4.41. The number of imidazole rings is 1. The molecule has 0 aliphatic carbocycles. The first-order valence-corrected chi connectivity index (χ1v) is 11.7. The van der Waals surface area contributed by atoms with Crippen molar-refractivity contribution < 1.29 is 14.6 Å². The zero-order chi connectivity index (χ0) is 23.7. The topological polar surface area (TPSA) is 67.6 Å². The smallest absolute Gasteiger partial charge is 0.227 e. The molecule has 1 N–H and O–H groups in total. The van der Waals surface area contributed by atoms with Crippen LogP contribution in [0.3, 0.4) is 0 Å². The summed E-state index contributed by atoms with van der Waals surface area (Å²) < 4.78 is 7.94. The largest absolute Gasteiger partial charge is 0.491 e. The summed E-state index contributed by atoms with van der Waals surface area (Å²) in [5.41, 5.74) is 4.89. The van der Waals surface area contributed by atoms with Gasteiger partial charge in [0, 0.05) is 24.6 Å². The molecule has 6 nitrogen and oxygen atoms in total. The highest BCUT2D eigenvalue weighted by atomic mass is 16.5. The number of benzene rings is 3. The van der Waals surface area contributed by atoms with Gasteiger partial charge in [-0.05, 0) is 55.3 Å². The molecule has 1 saturated heterocycles. The normalized spacial score (nSPS) is 16.9. The minimum atomic E-state index is -0.721. The van der Waals surface area contributed by atoms with Crippen LogP contribution >= 0.6 is 0 Å². The number of aliphatic hydroxyl groups is 1. The lowest BCUT2D eigenvalue weighted by Crippen LogP contribution is -2.26. The average molecular weight is 456 g/mol. The number of hydrogen-bond acceptors (Lipinski definition) is 4. The van der Waals surface area contributed by atoms with Crippen LogP contribution in [-0.2, 0) is 11.3 Å². The van der Waals surface area contributed by atoms with Gasteiger partial charge in [-0.3, -0.25) is 4.79 Å². The third-order valence-electron chi connectivity index (χ3n) is 6.41. The molecule has 1 aliphatic heterocycles. The van der Waals surface area contributed by atoms with E-state index in [1.54, 1.807) is 0 Å². The molecule has 34 heavy (non-hydrogen) atoms. The summed E-state index contributed by atoms with van der Waals surface area (Å²) in [6.45, 7) is 5.11. The van der Waals surface area contributed by atoms with Crippen LogP contribution in [-0.4, -0.2) is 39.8 Å². The fraction of sp³-hybridized carbons (Fsp3) is 0.286. The third-order valence-corrected chi connectivity index (χ3v) is 6.41. The Bertz CT molecular complexity index is 1330. The number of para-hydroxylation sites is 3. The fourth-order valence-electron chi connectivity index (χ4n) is 4.69. The van der Waals surface area contributed by atoms with E-state index < -0.39 is 6.10 Å². The van der Waals surface area contributed by atoms with Gasteiger partial charge in [0.2, 0.25) is 5.91 Å². The molecule has 0 spiro atoms. The first kappa shape index (κ1) is 22.2. The highest BCUT2D eigenvalue weighted by Gasteiger charge is 2.35. The number of rotatable bonds is 7. The Balaban J connectivity index is 1.39. The molecule has 174 valence electrons. The maximum atomic E-state index is 12.9. The number of hydrogen-bond donors (Lipinski definition) is 1. The van der Waals surface area contributed by atoms with Gasteiger partial charge in [0.1, 0.15) is 24.3 Å². The van der Waals surface area contributed by atoms with Crippen molar-refractivity contribution in [3.05, 3.63) is 89.7 Å². The summed E-state index contributed by atoms with van der Waals surface area (Å²) in [5, 5.41) is 10.9. The molecule has 5 rings (SSSR count). The van der Waals surface area contributed by atoms with Crippen molar-refractivity contribution in [2.75, 3.05) is 18.1 Å². The van der Waals surface area contributed by atoms with Crippen molar-refractivity contribution in [1.29, 1.82) is 0 Å². The maximum absolute atomic E-state index is 12.9. The lowest BCUT2D eigenvalue weighted by atomic mass is 10.1. The predicted octanol–water partition coefficient (Wildman–Crippen LogP) is 4.61. The molecule has 1 fully saturated rings. The Morgan fingerprint density at radius 1 is 1.06 bits per heavy atom. The van der Waals surface area contributed by atoms with Crippen molar-refractivity contribution in [1.82, 2.24) is 9.55 Å². The van der Waals surface area contributed by atoms with E-state index in [1.165, 1.54) is 0 Å². The van der Waals surface area contributed by atoms with Gasteiger partial charge in [-0.15, -0.1) is 0 Å². The number of aromatic nitrogens is 2. The van der Waals surface area contributed by atoms with Crippen LogP contribution in [0.5, 0.6) is 5.75 Å². The number of carbonyl (C=O) groups excluding carboxylic acids is 1. The van der Waals surface area contributed by atoms with Gasteiger partial charge in [-0.25, -0.2) is 4.98 Å². The predicted molar refractivity (Wildman–Crippen MR) is 133 cm³/mol. The Morgan fingerprint density at radius 3 is 2.68 bits per heavy atom. The summed E-state index contributed by atoms with van der Waals surface area (Å²) in [5.74, 6) is 1.65. The monoisotopic (exact) mass is 455 g/mol. The van der Waals surface area contributed by atoms with E-state index in [9.17, 15) is 9.90 Å². The van der Waals surface area contributed by atoms with Gasteiger partial charge < -0.3 is 19.3 Å². The number of nitrogens with zero attached hydrogens (tertiary/aromatic N) is 3. The SMILES string of the molecule is Cc1cccc(N2C[C@H](c3nc4ccccc4n3C[C@@H](O)COc3ccccc3C)CC2=O)c1. The van der Waals surface area contributed by atoms with Gasteiger partial charge in [-0.1, -0.05) is 42.5 Å². The van der Waals surface area contributed by atoms with Crippen molar-refractivity contribution in [3.63, 3.8) is 0 Å². The average Bonchev–Trinajstić information content (AvgIpc) is 3.39. The van der Waals surface area contributed by atoms with Crippen molar-refractivity contribution >= 4 is 22.6 Å². The Hall–Kier alpha value is -3.64. The molecule has 1 aromatic heterocycles.